The summed E-state index contributed by atoms with van der Waals surface area (Å²) in [5.74, 6) is -0.135. The minimum absolute atomic E-state index is 0.135. The van der Waals surface area contributed by atoms with E-state index in [9.17, 15) is 5.11 Å². The van der Waals surface area contributed by atoms with Gasteiger partial charge in [-0.1, -0.05) is 59.9 Å². The molecule has 5 heteroatoms. The van der Waals surface area contributed by atoms with Gasteiger partial charge in [0.25, 0.3) is 0 Å². The summed E-state index contributed by atoms with van der Waals surface area (Å²) >= 11 is 10.3. The van der Waals surface area contributed by atoms with Crippen LogP contribution in [-0.4, -0.2) is 11.7 Å². The Kier molecular flexibility index (Phi) is 5.81. The molecule has 0 bridgehead atoms. The van der Waals surface area contributed by atoms with E-state index in [1.54, 1.807) is 0 Å². The van der Waals surface area contributed by atoms with Crippen LogP contribution in [0.1, 0.15) is 23.1 Å². The van der Waals surface area contributed by atoms with Gasteiger partial charge in [0.15, 0.2) is 0 Å². The number of halogens is 3. The highest BCUT2D eigenvalue weighted by Crippen LogP contribution is 2.33. The molecule has 0 aliphatic rings. The number of hydrogen-bond acceptors (Lipinski definition) is 2. The van der Waals surface area contributed by atoms with Gasteiger partial charge in [0.1, 0.15) is 0 Å². The van der Waals surface area contributed by atoms with Crippen LogP contribution in [0.2, 0.25) is 0 Å². The summed E-state index contributed by atoms with van der Waals surface area (Å²) in [4.78, 5) is 0. The SMILES string of the molecule is NCC(c1ccc(Br)cc1)C(O)c1cc(Br)cc(Br)c1. The third-order valence-electron chi connectivity index (χ3n) is 3.16. The molecule has 3 N–H and O–H groups in total. The van der Waals surface area contributed by atoms with Crippen molar-refractivity contribution in [2.24, 2.45) is 5.73 Å². The normalized spacial score (nSPS) is 14.1. The standard InChI is InChI=1S/C15H14Br3NO/c16-11-3-1-9(2-4-11)14(8-19)15(20)10-5-12(17)7-13(18)6-10/h1-7,14-15,20H,8,19H2. The van der Waals surface area contributed by atoms with E-state index in [0.29, 0.717) is 6.54 Å². The number of nitrogens with two attached hydrogens (primary N) is 1. The molecule has 0 aromatic heterocycles. The lowest BCUT2D eigenvalue weighted by atomic mass is 9.89. The fourth-order valence-corrected chi connectivity index (χ4v) is 3.73. The summed E-state index contributed by atoms with van der Waals surface area (Å²) in [7, 11) is 0. The maximum Gasteiger partial charge on any atom is 0.0871 e. The van der Waals surface area contributed by atoms with Crippen molar-refractivity contribution in [3.05, 3.63) is 67.0 Å². The van der Waals surface area contributed by atoms with Crippen molar-refractivity contribution in [2.75, 3.05) is 6.54 Å². The summed E-state index contributed by atoms with van der Waals surface area (Å²) in [6.07, 6.45) is -0.644. The van der Waals surface area contributed by atoms with Crippen molar-refractivity contribution in [3.8, 4) is 0 Å². The largest absolute Gasteiger partial charge is 0.388 e. The second-order valence-electron chi connectivity index (χ2n) is 4.54. The molecule has 0 saturated heterocycles. The van der Waals surface area contributed by atoms with Gasteiger partial charge in [-0.15, -0.1) is 0 Å². The van der Waals surface area contributed by atoms with Gasteiger partial charge in [-0.2, -0.15) is 0 Å². The topological polar surface area (TPSA) is 46.2 Å². The van der Waals surface area contributed by atoms with Crippen LogP contribution in [-0.2, 0) is 0 Å². The van der Waals surface area contributed by atoms with Gasteiger partial charge in [-0.25, -0.2) is 0 Å². The van der Waals surface area contributed by atoms with Gasteiger partial charge >= 0.3 is 0 Å². The fourth-order valence-electron chi connectivity index (χ4n) is 2.14. The molecule has 20 heavy (non-hydrogen) atoms. The molecule has 0 aliphatic heterocycles. The van der Waals surface area contributed by atoms with Crippen LogP contribution in [0.15, 0.2) is 55.9 Å². The van der Waals surface area contributed by atoms with E-state index in [2.05, 4.69) is 47.8 Å². The number of aliphatic hydroxyl groups excluding tert-OH is 1. The van der Waals surface area contributed by atoms with Crippen molar-refractivity contribution in [1.29, 1.82) is 0 Å². The van der Waals surface area contributed by atoms with Crippen LogP contribution >= 0.6 is 47.8 Å². The molecule has 106 valence electrons. The van der Waals surface area contributed by atoms with E-state index in [1.807, 2.05) is 42.5 Å². The predicted octanol–water partition coefficient (Wildman–Crippen LogP) is 4.75. The maximum atomic E-state index is 10.6. The molecule has 0 amide bonds. The van der Waals surface area contributed by atoms with Crippen LogP contribution in [0.5, 0.6) is 0 Å². The van der Waals surface area contributed by atoms with E-state index in [1.165, 1.54) is 0 Å². The lowest BCUT2D eigenvalue weighted by Crippen LogP contribution is -2.20. The Morgan fingerprint density at radius 1 is 0.850 bits per heavy atom. The molecule has 0 radical (unpaired) electrons. The van der Waals surface area contributed by atoms with Crippen LogP contribution in [0, 0.1) is 0 Å². The number of hydrogen-bond donors (Lipinski definition) is 2. The zero-order chi connectivity index (χ0) is 14.7. The average molecular weight is 464 g/mol. The minimum Gasteiger partial charge on any atom is -0.388 e. The Hall–Kier alpha value is -0.200. The molecule has 2 aromatic rings. The first-order valence-corrected chi connectivity index (χ1v) is 8.48. The monoisotopic (exact) mass is 461 g/mol. The Labute approximate surface area is 143 Å². The fraction of sp³-hybridized carbons (Fsp3) is 0.200. The van der Waals surface area contributed by atoms with Crippen molar-refractivity contribution in [2.45, 2.75) is 12.0 Å². The molecule has 0 heterocycles. The molecule has 2 rings (SSSR count). The molecule has 0 fully saturated rings. The van der Waals surface area contributed by atoms with Crippen LogP contribution < -0.4 is 5.73 Å². The molecule has 0 aliphatic carbocycles. The number of benzene rings is 2. The first kappa shape index (κ1) is 16.2. The van der Waals surface area contributed by atoms with E-state index >= 15 is 0 Å². The average Bonchev–Trinajstić information content (AvgIpc) is 2.40. The quantitative estimate of drug-likeness (QED) is 0.687. The van der Waals surface area contributed by atoms with Gasteiger partial charge in [0.2, 0.25) is 0 Å². The molecule has 2 aromatic carbocycles. The summed E-state index contributed by atoms with van der Waals surface area (Å²) in [5, 5.41) is 10.6. The summed E-state index contributed by atoms with van der Waals surface area (Å²) < 4.78 is 2.86. The zero-order valence-corrected chi connectivity index (χ0v) is 15.3. The van der Waals surface area contributed by atoms with Crippen molar-refractivity contribution in [3.63, 3.8) is 0 Å². The lowest BCUT2D eigenvalue weighted by Gasteiger charge is -2.23. The van der Waals surface area contributed by atoms with Crippen LogP contribution in [0.4, 0.5) is 0 Å². The Morgan fingerprint density at radius 2 is 1.40 bits per heavy atom. The maximum absolute atomic E-state index is 10.6. The zero-order valence-electron chi connectivity index (χ0n) is 10.6. The van der Waals surface area contributed by atoms with Crippen LogP contribution in [0.3, 0.4) is 0 Å². The van der Waals surface area contributed by atoms with Crippen molar-refractivity contribution in [1.82, 2.24) is 0 Å². The van der Waals surface area contributed by atoms with Gasteiger partial charge in [-0.3, -0.25) is 0 Å². The Morgan fingerprint density at radius 3 is 1.90 bits per heavy atom. The van der Waals surface area contributed by atoms with Gasteiger partial charge in [0.05, 0.1) is 6.10 Å². The second kappa shape index (κ2) is 7.18. The minimum atomic E-state index is -0.644. The van der Waals surface area contributed by atoms with Crippen molar-refractivity contribution < 1.29 is 5.11 Å². The molecule has 0 spiro atoms. The Balaban J connectivity index is 2.33. The summed E-state index contributed by atoms with van der Waals surface area (Å²) in [6, 6.07) is 13.7. The van der Waals surface area contributed by atoms with E-state index in [0.717, 1.165) is 24.5 Å². The molecular weight excluding hydrogens is 450 g/mol. The third-order valence-corrected chi connectivity index (χ3v) is 4.60. The van der Waals surface area contributed by atoms with Crippen molar-refractivity contribution >= 4 is 47.8 Å². The van der Waals surface area contributed by atoms with Gasteiger partial charge < -0.3 is 10.8 Å². The predicted molar refractivity (Wildman–Crippen MR) is 92.7 cm³/mol. The van der Waals surface area contributed by atoms with E-state index < -0.39 is 6.10 Å². The molecule has 2 unspecified atom stereocenters. The van der Waals surface area contributed by atoms with Crippen LogP contribution in [0.25, 0.3) is 0 Å². The highest BCUT2D eigenvalue weighted by molar-refractivity contribution is 9.11. The molecule has 2 nitrogen and oxygen atoms in total. The Bertz CT molecular complexity index is 566. The first-order chi connectivity index (χ1) is 9.51. The highest BCUT2D eigenvalue weighted by atomic mass is 79.9. The third kappa shape index (κ3) is 3.92. The highest BCUT2D eigenvalue weighted by Gasteiger charge is 2.22. The molecule has 0 saturated carbocycles. The van der Waals surface area contributed by atoms with Gasteiger partial charge in [-0.05, 0) is 41.5 Å². The van der Waals surface area contributed by atoms with Gasteiger partial charge in [0, 0.05) is 25.9 Å². The smallest absolute Gasteiger partial charge is 0.0871 e. The first-order valence-electron chi connectivity index (χ1n) is 6.11. The summed E-state index contributed by atoms with van der Waals surface area (Å²) in [6.45, 7) is 0.382. The van der Waals surface area contributed by atoms with E-state index in [-0.39, 0.29) is 5.92 Å². The molecule has 2 atom stereocenters. The summed E-state index contributed by atoms with van der Waals surface area (Å²) in [5.41, 5.74) is 7.73. The lowest BCUT2D eigenvalue weighted by molar-refractivity contribution is 0.147. The second-order valence-corrected chi connectivity index (χ2v) is 7.29. The van der Waals surface area contributed by atoms with E-state index in [4.69, 9.17) is 5.73 Å². The number of aliphatic hydroxyl groups is 1. The number of rotatable bonds is 4. The molecular formula is C15H14Br3NO.